The van der Waals surface area contributed by atoms with E-state index in [0.29, 0.717) is 34.3 Å². The monoisotopic (exact) mass is 469 g/mol. The number of rotatable bonds is 7. The highest BCUT2D eigenvalue weighted by Gasteiger charge is 2.29. The van der Waals surface area contributed by atoms with Crippen LogP contribution in [0.25, 0.3) is 15.4 Å². The maximum Gasteiger partial charge on any atom is 0.358 e. The maximum atomic E-state index is 13.1. The van der Waals surface area contributed by atoms with E-state index in [1.165, 1.54) is 39.8 Å². The zero-order chi connectivity index (χ0) is 23.5. The summed E-state index contributed by atoms with van der Waals surface area (Å²) in [6.07, 6.45) is 5.56. The Morgan fingerprint density at radius 2 is 1.88 bits per heavy atom. The van der Waals surface area contributed by atoms with Crippen LogP contribution in [0.5, 0.6) is 0 Å². The molecule has 9 nitrogen and oxygen atoms in total. The Kier molecular flexibility index (Phi) is 6.36. The smallest absolute Gasteiger partial charge is 0.358 e. The molecule has 1 atom stereocenters. The van der Waals surface area contributed by atoms with Crippen LogP contribution in [0, 0.1) is 5.92 Å². The number of hydrogen-bond acceptors (Lipinski definition) is 8. The van der Waals surface area contributed by atoms with Crippen molar-refractivity contribution in [2.75, 3.05) is 33.8 Å². The van der Waals surface area contributed by atoms with Gasteiger partial charge in [-0.2, -0.15) is 0 Å². The van der Waals surface area contributed by atoms with Crippen molar-refractivity contribution < 1.29 is 28.5 Å². The summed E-state index contributed by atoms with van der Waals surface area (Å²) in [4.78, 5) is 30.7. The van der Waals surface area contributed by atoms with Crippen LogP contribution in [-0.2, 0) is 23.7 Å². The molecule has 1 amide bonds. The number of nitrogens with one attached hydrogen (secondary N) is 1. The zero-order valence-corrected chi connectivity index (χ0v) is 19.4. The average molecular weight is 470 g/mol. The summed E-state index contributed by atoms with van der Waals surface area (Å²) in [6, 6.07) is 7.51. The van der Waals surface area contributed by atoms with Crippen molar-refractivity contribution in [2.24, 2.45) is 5.92 Å². The van der Waals surface area contributed by atoms with Gasteiger partial charge in [-0.05, 0) is 12.1 Å². The van der Waals surface area contributed by atoms with Gasteiger partial charge in [-0.1, -0.05) is 29.5 Å². The SMILES string of the molecule is COC(=O)c1cn2cc(-c3ccccc3NC(=O)C3C=C(OC)C(OC)=C(OC)C3)sc2n1. The number of fused-ring (bicyclic) bond motifs is 1. The molecule has 2 aromatic heterocycles. The Balaban J connectivity index is 1.60. The Morgan fingerprint density at radius 1 is 1.09 bits per heavy atom. The molecule has 0 fully saturated rings. The summed E-state index contributed by atoms with van der Waals surface area (Å²) in [5, 5.41) is 3.02. The van der Waals surface area contributed by atoms with E-state index >= 15 is 0 Å². The lowest BCUT2D eigenvalue weighted by Crippen LogP contribution is -2.26. The molecule has 0 saturated heterocycles. The molecule has 1 unspecified atom stereocenters. The molecule has 0 radical (unpaired) electrons. The zero-order valence-electron chi connectivity index (χ0n) is 18.6. The molecular weight excluding hydrogens is 446 g/mol. The normalized spacial score (nSPS) is 15.8. The van der Waals surface area contributed by atoms with Gasteiger partial charge >= 0.3 is 5.97 Å². The van der Waals surface area contributed by atoms with Crippen LogP contribution in [0.15, 0.2) is 60.0 Å². The molecule has 1 N–H and O–H groups in total. The van der Waals surface area contributed by atoms with E-state index in [4.69, 9.17) is 18.9 Å². The second-order valence-electron chi connectivity index (χ2n) is 7.14. The van der Waals surface area contributed by atoms with E-state index in [9.17, 15) is 9.59 Å². The molecule has 0 aliphatic heterocycles. The lowest BCUT2D eigenvalue weighted by molar-refractivity contribution is -0.118. The van der Waals surface area contributed by atoms with Gasteiger partial charge in [0, 0.05) is 30.1 Å². The molecule has 4 rings (SSSR count). The Hall–Kier alpha value is -3.79. The van der Waals surface area contributed by atoms with Gasteiger partial charge in [0.15, 0.2) is 22.2 Å². The summed E-state index contributed by atoms with van der Waals surface area (Å²) in [5.74, 6) is 0.303. The predicted octanol–water partition coefficient (Wildman–Crippen LogP) is 3.84. The van der Waals surface area contributed by atoms with Crippen LogP contribution in [0.1, 0.15) is 16.9 Å². The lowest BCUT2D eigenvalue weighted by Gasteiger charge is -2.24. The highest BCUT2D eigenvalue weighted by atomic mass is 32.1. The fourth-order valence-corrected chi connectivity index (χ4v) is 4.63. The number of benzene rings is 1. The number of hydrogen-bond donors (Lipinski definition) is 1. The van der Waals surface area contributed by atoms with Gasteiger partial charge in [-0.3, -0.25) is 9.20 Å². The van der Waals surface area contributed by atoms with Gasteiger partial charge in [0.1, 0.15) is 5.76 Å². The molecule has 1 aromatic carbocycles. The van der Waals surface area contributed by atoms with E-state index in [0.717, 1.165) is 10.4 Å². The third kappa shape index (κ3) is 4.29. The van der Waals surface area contributed by atoms with Gasteiger partial charge in [0.25, 0.3) is 0 Å². The molecule has 172 valence electrons. The Morgan fingerprint density at radius 3 is 2.55 bits per heavy atom. The third-order valence-electron chi connectivity index (χ3n) is 5.24. The maximum absolute atomic E-state index is 13.1. The molecule has 33 heavy (non-hydrogen) atoms. The third-order valence-corrected chi connectivity index (χ3v) is 6.27. The van der Waals surface area contributed by atoms with Crippen LogP contribution in [-0.4, -0.2) is 49.7 Å². The average Bonchev–Trinajstić information content (AvgIpc) is 3.42. The number of para-hydroxylation sites is 1. The number of carbonyl (C=O) groups excluding carboxylic acids is 2. The summed E-state index contributed by atoms with van der Waals surface area (Å²) in [5.41, 5.74) is 1.74. The van der Waals surface area contributed by atoms with Gasteiger partial charge in [-0.25, -0.2) is 9.78 Å². The first kappa shape index (κ1) is 22.4. The minimum absolute atomic E-state index is 0.198. The van der Waals surface area contributed by atoms with Crippen molar-refractivity contribution in [1.29, 1.82) is 0 Å². The van der Waals surface area contributed by atoms with Crippen molar-refractivity contribution >= 4 is 33.9 Å². The summed E-state index contributed by atoms with van der Waals surface area (Å²) in [7, 11) is 5.91. The number of imidazole rings is 1. The molecule has 0 saturated carbocycles. The number of aromatic nitrogens is 2. The molecule has 1 aliphatic rings. The van der Waals surface area contributed by atoms with Gasteiger partial charge in [-0.15, -0.1) is 0 Å². The first-order valence-corrected chi connectivity index (χ1v) is 10.8. The molecule has 0 spiro atoms. The number of carbonyl (C=O) groups is 2. The highest BCUT2D eigenvalue weighted by molar-refractivity contribution is 7.20. The van der Waals surface area contributed by atoms with Crippen molar-refractivity contribution in [3.05, 3.63) is 65.7 Å². The van der Waals surface area contributed by atoms with E-state index in [1.54, 1.807) is 16.7 Å². The van der Waals surface area contributed by atoms with Crippen LogP contribution in [0.3, 0.4) is 0 Å². The summed E-state index contributed by atoms with van der Waals surface area (Å²) >= 11 is 1.40. The second kappa shape index (κ2) is 9.37. The van der Waals surface area contributed by atoms with Gasteiger partial charge in [0.2, 0.25) is 5.91 Å². The molecule has 1 aliphatic carbocycles. The second-order valence-corrected chi connectivity index (χ2v) is 8.15. The van der Waals surface area contributed by atoms with Gasteiger partial charge < -0.3 is 24.3 Å². The first-order chi connectivity index (χ1) is 16.0. The number of thiazole rings is 1. The number of nitrogens with zero attached hydrogens (tertiary/aromatic N) is 2. The number of amides is 1. The van der Waals surface area contributed by atoms with E-state index in [2.05, 4.69) is 10.3 Å². The molecule has 10 heteroatoms. The van der Waals surface area contributed by atoms with E-state index in [-0.39, 0.29) is 11.6 Å². The van der Waals surface area contributed by atoms with Crippen molar-refractivity contribution in [3.63, 3.8) is 0 Å². The number of esters is 1. The standard InChI is InChI=1S/C23H23N3O6S/c1-29-17-9-13(10-18(30-2)20(17)31-3)21(27)24-15-8-6-5-7-14(15)19-12-26-11-16(22(28)32-4)25-23(26)33-19/h5-9,11-13H,10H2,1-4H3,(H,24,27). The number of anilines is 1. The molecule has 0 bridgehead atoms. The number of methoxy groups -OCH3 is 4. The van der Waals surface area contributed by atoms with Crippen LogP contribution >= 0.6 is 11.3 Å². The molecule has 2 heterocycles. The topological polar surface area (TPSA) is 100 Å². The van der Waals surface area contributed by atoms with Crippen LogP contribution in [0.2, 0.25) is 0 Å². The van der Waals surface area contributed by atoms with E-state index < -0.39 is 11.9 Å². The van der Waals surface area contributed by atoms with Crippen LogP contribution < -0.4 is 5.32 Å². The van der Waals surface area contributed by atoms with E-state index in [1.807, 2.05) is 30.5 Å². The fourth-order valence-electron chi connectivity index (χ4n) is 3.62. The largest absolute Gasteiger partial charge is 0.497 e. The van der Waals surface area contributed by atoms with Crippen molar-refractivity contribution in [3.8, 4) is 10.4 Å². The number of allylic oxidation sites excluding steroid dienone is 1. The van der Waals surface area contributed by atoms with Crippen molar-refractivity contribution in [2.45, 2.75) is 6.42 Å². The van der Waals surface area contributed by atoms with Crippen molar-refractivity contribution in [1.82, 2.24) is 9.38 Å². The predicted molar refractivity (Wildman–Crippen MR) is 123 cm³/mol. The van der Waals surface area contributed by atoms with Crippen LogP contribution in [0.4, 0.5) is 5.69 Å². The molecule has 3 aromatic rings. The summed E-state index contributed by atoms with van der Waals surface area (Å²) < 4.78 is 22.7. The fraction of sp³-hybridized carbons (Fsp3) is 0.261. The minimum atomic E-state index is -0.495. The highest BCUT2D eigenvalue weighted by Crippen LogP contribution is 2.35. The van der Waals surface area contributed by atoms with Gasteiger partial charge in [0.05, 0.1) is 39.2 Å². The number of ether oxygens (including phenoxy) is 4. The minimum Gasteiger partial charge on any atom is -0.497 e. The Bertz CT molecular complexity index is 1240. The first-order valence-electron chi connectivity index (χ1n) is 10.0. The molecular formula is C23H23N3O6S. The lowest BCUT2D eigenvalue weighted by atomic mass is 9.96. The quantitative estimate of drug-likeness (QED) is 0.525. The Labute approximate surface area is 194 Å². The summed E-state index contributed by atoms with van der Waals surface area (Å²) in [6.45, 7) is 0.